The van der Waals surface area contributed by atoms with Gasteiger partial charge in [-0.15, -0.1) is 0 Å². The number of para-hydroxylation sites is 1. The van der Waals surface area contributed by atoms with Crippen molar-refractivity contribution in [1.82, 2.24) is 9.78 Å². The maximum Gasteiger partial charge on any atom is 0.258 e. The van der Waals surface area contributed by atoms with Gasteiger partial charge in [0.25, 0.3) is 5.91 Å². The average Bonchev–Trinajstić information content (AvgIpc) is 3.38. The lowest BCUT2D eigenvalue weighted by atomic mass is 10.0. The van der Waals surface area contributed by atoms with E-state index in [1.165, 1.54) is 31.0 Å². The highest BCUT2D eigenvalue weighted by atomic mass is 35.5. The zero-order valence-electron chi connectivity index (χ0n) is 16.5. The maximum absolute atomic E-state index is 13.0. The van der Waals surface area contributed by atoms with Crippen LogP contribution in [0.15, 0.2) is 59.5 Å². The van der Waals surface area contributed by atoms with Gasteiger partial charge in [-0.25, -0.2) is 13.1 Å². The summed E-state index contributed by atoms with van der Waals surface area (Å²) in [7, 11) is -3.46. The van der Waals surface area contributed by atoms with Crippen LogP contribution in [-0.2, 0) is 9.84 Å². The molecule has 1 saturated carbocycles. The van der Waals surface area contributed by atoms with E-state index in [1.807, 2.05) is 36.4 Å². The summed E-state index contributed by atoms with van der Waals surface area (Å²) >= 11 is 6.19. The highest BCUT2D eigenvalue weighted by molar-refractivity contribution is 7.90. The lowest BCUT2D eigenvalue weighted by Crippen LogP contribution is -2.16. The lowest BCUT2D eigenvalue weighted by molar-refractivity contribution is 0.102. The van der Waals surface area contributed by atoms with E-state index in [2.05, 4.69) is 5.32 Å². The van der Waals surface area contributed by atoms with E-state index in [4.69, 9.17) is 16.7 Å². The molecule has 0 saturated heterocycles. The van der Waals surface area contributed by atoms with Crippen molar-refractivity contribution in [2.24, 2.45) is 0 Å². The predicted molar refractivity (Wildman–Crippen MR) is 117 cm³/mol. The number of nitrogens with zero attached hydrogens (tertiary/aromatic N) is 2. The Morgan fingerprint density at radius 2 is 1.80 bits per heavy atom. The molecule has 4 rings (SSSR count). The first-order valence-electron chi connectivity index (χ1n) is 9.79. The SMILES string of the molecule is CS(=O)(=O)c1ccc(Cl)c(C(=O)Nc2cc(C3CCCC3)nn2-c2ccccc2)c1. The molecule has 0 radical (unpaired) electrons. The van der Waals surface area contributed by atoms with Crippen LogP contribution in [-0.4, -0.2) is 30.4 Å². The van der Waals surface area contributed by atoms with Gasteiger partial charge in [0.15, 0.2) is 9.84 Å². The summed E-state index contributed by atoms with van der Waals surface area (Å²) in [5.74, 6) is 0.414. The minimum Gasteiger partial charge on any atom is -0.306 e. The number of amides is 1. The Balaban J connectivity index is 1.71. The Hall–Kier alpha value is -2.64. The summed E-state index contributed by atoms with van der Waals surface area (Å²) in [5, 5.41) is 7.81. The topological polar surface area (TPSA) is 81.1 Å². The van der Waals surface area contributed by atoms with E-state index in [9.17, 15) is 13.2 Å². The molecule has 1 aliphatic rings. The number of hydrogen-bond donors (Lipinski definition) is 1. The van der Waals surface area contributed by atoms with Crippen LogP contribution in [0.3, 0.4) is 0 Å². The zero-order chi connectivity index (χ0) is 21.3. The molecule has 0 bridgehead atoms. The van der Waals surface area contributed by atoms with E-state index in [-0.39, 0.29) is 15.5 Å². The molecule has 30 heavy (non-hydrogen) atoms. The van der Waals surface area contributed by atoms with Gasteiger partial charge in [0, 0.05) is 18.2 Å². The van der Waals surface area contributed by atoms with E-state index in [0.717, 1.165) is 30.5 Å². The molecule has 6 nitrogen and oxygen atoms in total. The molecule has 1 aromatic heterocycles. The van der Waals surface area contributed by atoms with Crippen molar-refractivity contribution in [3.05, 3.63) is 70.9 Å². The van der Waals surface area contributed by atoms with Gasteiger partial charge in [0.05, 0.1) is 26.9 Å². The third-order valence-corrected chi connectivity index (χ3v) is 6.79. The third-order valence-electron chi connectivity index (χ3n) is 5.35. The molecule has 2 aromatic carbocycles. The van der Waals surface area contributed by atoms with Crippen molar-refractivity contribution < 1.29 is 13.2 Å². The molecule has 0 unspecified atom stereocenters. The maximum atomic E-state index is 13.0. The molecular weight excluding hydrogens is 422 g/mol. The van der Waals surface area contributed by atoms with Gasteiger partial charge in [-0.2, -0.15) is 5.10 Å². The molecule has 1 aliphatic carbocycles. The first-order chi connectivity index (χ1) is 14.3. The second kappa shape index (κ2) is 8.24. The quantitative estimate of drug-likeness (QED) is 0.611. The number of halogens is 1. The summed E-state index contributed by atoms with van der Waals surface area (Å²) < 4.78 is 25.5. The first-order valence-corrected chi connectivity index (χ1v) is 12.1. The number of rotatable bonds is 5. The van der Waals surface area contributed by atoms with Crippen LogP contribution in [0.5, 0.6) is 0 Å². The minimum absolute atomic E-state index is 0.0419. The van der Waals surface area contributed by atoms with Crippen molar-refractivity contribution >= 4 is 33.2 Å². The Labute approximate surface area is 180 Å². The molecule has 1 amide bonds. The Morgan fingerprint density at radius 3 is 2.47 bits per heavy atom. The molecule has 1 heterocycles. The summed E-state index contributed by atoms with van der Waals surface area (Å²) in [6, 6.07) is 15.6. The van der Waals surface area contributed by atoms with Crippen LogP contribution in [0, 0.1) is 0 Å². The molecule has 156 valence electrons. The third kappa shape index (κ3) is 4.27. The van der Waals surface area contributed by atoms with Crippen LogP contribution < -0.4 is 5.32 Å². The Morgan fingerprint density at radius 1 is 1.10 bits per heavy atom. The van der Waals surface area contributed by atoms with E-state index < -0.39 is 15.7 Å². The molecule has 1 N–H and O–H groups in total. The van der Waals surface area contributed by atoms with Crippen molar-refractivity contribution in [1.29, 1.82) is 0 Å². The molecule has 8 heteroatoms. The van der Waals surface area contributed by atoms with Gasteiger partial charge >= 0.3 is 0 Å². The van der Waals surface area contributed by atoms with Gasteiger partial charge in [0.1, 0.15) is 5.82 Å². The number of sulfone groups is 1. The fourth-order valence-corrected chi connectivity index (χ4v) is 4.62. The molecule has 3 aromatic rings. The van der Waals surface area contributed by atoms with Gasteiger partial charge in [-0.3, -0.25) is 4.79 Å². The summed E-state index contributed by atoms with van der Waals surface area (Å²) in [5.41, 5.74) is 1.87. The van der Waals surface area contributed by atoms with Gasteiger partial charge in [-0.05, 0) is 43.2 Å². The largest absolute Gasteiger partial charge is 0.306 e. The summed E-state index contributed by atoms with van der Waals surface area (Å²) in [6.07, 6.45) is 5.62. The van der Waals surface area contributed by atoms with Crippen LogP contribution in [0.25, 0.3) is 5.69 Å². The molecule has 0 spiro atoms. The average molecular weight is 444 g/mol. The number of carbonyl (C=O) groups excluding carboxylic acids is 1. The standard InChI is InChI=1S/C22H22ClN3O3S/c1-30(28,29)17-11-12-19(23)18(13-17)22(27)24-21-14-20(15-7-5-6-8-15)25-26(21)16-9-3-2-4-10-16/h2-4,9-15H,5-8H2,1H3,(H,24,27). The van der Waals surface area contributed by atoms with Crippen LogP contribution in [0.2, 0.25) is 5.02 Å². The highest BCUT2D eigenvalue weighted by Crippen LogP contribution is 2.35. The van der Waals surface area contributed by atoms with Crippen molar-refractivity contribution in [3.8, 4) is 5.69 Å². The Bertz CT molecular complexity index is 1180. The monoisotopic (exact) mass is 443 g/mol. The van der Waals surface area contributed by atoms with Crippen molar-refractivity contribution in [2.75, 3.05) is 11.6 Å². The second-order valence-corrected chi connectivity index (χ2v) is 9.97. The predicted octanol–water partition coefficient (Wildman–Crippen LogP) is 4.84. The fourth-order valence-electron chi connectivity index (χ4n) is 3.77. The van der Waals surface area contributed by atoms with Gasteiger partial charge in [0.2, 0.25) is 0 Å². The number of anilines is 1. The van der Waals surface area contributed by atoms with E-state index >= 15 is 0 Å². The second-order valence-electron chi connectivity index (χ2n) is 7.55. The van der Waals surface area contributed by atoms with Crippen LogP contribution in [0.1, 0.15) is 47.7 Å². The highest BCUT2D eigenvalue weighted by Gasteiger charge is 2.23. The number of hydrogen-bond acceptors (Lipinski definition) is 4. The van der Waals surface area contributed by atoms with Crippen LogP contribution >= 0.6 is 11.6 Å². The Kier molecular flexibility index (Phi) is 5.66. The summed E-state index contributed by atoms with van der Waals surface area (Å²) in [6.45, 7) is 0. The molecule has 0 aliphatic heterocycles. The molecule has 0 atom stereocenters. The van der Waals surface area contributed by atoms with Gasteiger partial charge < -0.3 is 5.32 Å². The van der Waals surface area contributed by atoms with E-state index in [1.54, 1.807) is 4.68 Å². The van der Waals surface area contributed by atoms with Crippen LogP contribution in [0.4, 0.5) is 5.82 Å². The number of benzene rings is 2. The molecular formula is C22H22ClN3O3S. The molecule has 1 fully saturated rings. The zero-order valence-corrected chi connectivity index (χ0v) is 18.1. The number of carbonyl (C=O) groups is 1. The first kappa shape index (κ1) is 20.6. The number of aromatic nitrogens is 2. The number of nitrogens with one attached hydrogen (secondary N) is 1. The van der Waals surface area contributed by atoms with Gasteiger partial charge in [-0.1, -0.05) is 42.6 Å². The lowest BCUT2D eigenvalue weighted by Gasteiger charge is -2.10. The fraction of sp³-hybridized carbons (Fsp3) is 0.273. The van der Waals surface area contributed by atoms with Crippen molar-refractivity contribution in [2.45, 2.75) is 36.5 Å². The normalized spacial score (nSPS) is 14.7. The minimum atomic E-state index is -3.46. The summed E-state index contributed by atoms with van der Waals surface area (Å²) in [4.78, 5) is 13.0. The van der Waals surface area contributed by atoms with E-state index in [0.29, 0.717) is 11.7 Å². The van der Waals surface area contributed by atoms with Crippen molar-refractivity contribution in [3.63, 3.8) is 0 Å². The smallest absolute Gasteiger partial charge is 0.258 e.